The highest BCUT2D eigenvalue weighted by Gasteiger charge is 2.29. The molecule has 2 aromatic carbocycles. The highest BCUT2D eigenvalue weighted by molar-refractivity contribution is 6.31. The van der Waals surface area contributed by atoms with Crippen LogP contribution in [0.25, 0.3) is 11.1 Å². The fourth-order valence-corrected chi connectivity index (χ4v) is 3.33. The summed E-state index contributed by atoms with van der Waals surface area (Å²) in [6.07, 6.45) is 2.46. The third-order valence-corrected chi connectivity index (χ3v) is 4.64. The predicted molar refractivity (Wildman–Crippen MR) is 104 cm³/mol. The van der Waals surface area contributed by atoms with Gasteiger partial charge in [0.1, 0.15) is 17.0 Å². The molecule has 0 spiro atoms. The molecule has 1 aliphatic rings. The van der Waals surface area contributed by atoms with Crippen molar-refractivity contribution in [2.24, 2.45) is 0 Å². The second-order valence-corrected chi connectivity index (χ2v) is 6.50. The number of ether oxygens (including phenoxy) is 2. The number of halogens is 1. The number of oxazole rings is 1. The van der Waals surface area contributed by atoms with E-state index in [4.69, 9.17) is 25.5 Å². The summed E-state index contributed by atoms with van der Waals surface area (Å²) in [5, 5.41) is 3.62. The number of carbonyl (C=O) groups is 2. The summed E-state index contributed by atoms with van der Waals surface area (Å²) in [6.45, 7) is 0.235. The van der Waals surface area contributed by atoms with Crippen LogP contribution in [0.3, 0.4) is 0 Å². The Labute approximate surface area is 164 Å². The number of ketones is 2. The Bertz CT molecular complexity index is 1150. The van der Waals surface area contributed by atoms with Gasteiger partial charge in [-0.15, -0.1) is 0 Å². The molecule has 28 heavy (non-hydrogen) atoms. The van der Waals surface area contributed by atoms with Crippen LogP contribution in [-0.4, -0.2) is 30.8 Å². The normalized spacial score (nSPS) is 13.0. The molecule has 142 valence electrons. The first-order chi connectivity index (χ1) is 13.5. The molecule has 8 heteroatoms. The number of rotatable bonds is 5. The largest absolute Gasteiger partial charge is 0.496 e. The molecule has 0 aliphatic heterocycles. The van der Waals surface area contributed by atoms with E-state index in [0.717, 1.165) is 0 Å². The molecule has 0 amide bonds. The zero-order chi connectivity index (χ0) is 19.8. The van der Waals surface area contributed by atoms with Crippen molar-refractivity contribution < 1.29 is 23.5 Å². The topological polar surface area (TPSA) is 90.7 Å². The highest BCUT2D eigenvalue weighted by atomic mass is 35.5. The van der Waals surface area contributed by atoms with Crippen molar-refractivity contribution in [2.75, 3.05) is 19.5 Å². The number of nitrogens with zero attached hydrogens (tertiary/aromatic N) is 1. The molecule has 0 saturated carbocycles. The minimum atomic E-state index is -0.317. The third-order valence-electron chi connectivity index (χ3n) is 4.40. The predicted octanol–water partition coefficient (Wildman–Crippen LogP) is 4.05. The van der Waals surface area contributed by atoms with Crippen LogP contribution in [0.2, 0.25) is 5.02 Å². The maximum Gasteiger partial charge on any atom is 0.295 e. The van der Waals surface area contributed by atoms with E-state index < -0.39 is 0 Å². The summed E-state index contributed by atoms with van der Waals surface area (Å²) in [5.74, 6) is -0.00649. The van der Waals surface area contributed by atoms with Gasteiger partial charge in [-0.3, -0.25) is 9.59 Å². The van der Waals surface area contributed by atoms with E-state index in [2.05, 4.69) is 10.3 Å². The minimum Gasteiger partial charge on any atom is -0.496 e. The number of hydrogen-bond acceptors (Lipinski definition) is 7. The van der Waals surface area contributed by atoms with Gasteiger partial charge in [-0.25, -0.2) is 0 Å². The lowest BCUT2D eigenvalue weighted by atomic mass is 9.90. The third kappa shape index (κ3) is 2.99. The van der Waals surface area contributed by atoms with Crippen molar-refractivity contribution in [1.82, 2.24) is 4.98 Å². The van der Waals surface area contributed by atoms with Gasteiger partial charge in [-0.1, -0.05) is 11.6 Å². The van der Waals surface area contributed by atoms with Gasteiger partial charge in [0.15, 0.2) is 17.1 Å². The number of nitrogens with one attached hydrogen (secondary N) is 1. The van der Waals surface area contributed by atoms with Crippen molar-refractivity contribution in [3.8, 4) is 11.5 Å². The first-order valence-electron chi connectivity index (χ1n) is 8.36. The molecule has 0 atom stereocenters. The zero-order valence-corrected chi connectivity index (χ0v) is 15.8. The van der Waals surface area contributed by atoms with Gasteiger partial charge in [-0.05, 0) is 36.4 Å². The molecule has 0 unspecified atom stereocenters. The van der Waals surface area contributed by atoms with Crippen LogP contribution in [0.4, 0.5) is 6.01 Å². The summed E-state index contributed by atoms with van der Waals surface area (Å²) in [7, 11) is 2.89. The van der Waals surface area contributed by atoms with Gasteiger partial charge in [0, 0.05) is 17.1 Å². The standard InChI is InChI=1S/C20H15ClN2O5/c1-26-16-7-10(19(27-2)18-14(25)5-4-13(24)17(16)18)9-22-20-23-12-8-11(21)3-6-15(12)28-20/h3-8H,9H2,1-2H3,(H,22,23). The molecule has 0 fully saturated rings. The van der Waals surface area contributed by atoms with Crippen molar-refractivity contribution in [1.29, 1.82) is 0 Å². The SMILES string of the molecule is COc1cc(CNc2nc3cc(Cl)ccc3o2)c(OC)c2c1C(=O)C=CC2=O. The lowest BCUT2D eigenvalue weighted by Crippen LogP contribution is -2.17. The molecular weight excluding hydrogens is 384 g/mol. The number of anilines is 1. The molecule has 3 aromatic rings. The second kappa shape index (κ2) is 7.01. The average Bonchev–Trinajstić information content (AvgIpc) is 3.10. The first-order valence-corrected chi connectivity index (χ1v) is 8.74. The summed E-state index contributed by atoms with van der Waals surface area (Å²) in [4.78, 5) is 29.0. The second-order valence-electron chi connectivity index (χ2n) is 6.07. The smallest absolute Gasteiger partial charge is 0.295 e. The van der Waals surface area contributed by atoms with Crippen molar-refractivity contribution in [2.45, 2.75) is 6.54 Å². The number of benzene rings is 2. The Morgan fingerprint density at radius 2 is 1.82 bits per heavy atom. The van der Waals surface area contributed by atoms with E-state index >= 15 is 0 Å². The van der Waals surface area contributed by atoms with Gasteiger partial charge in [0.05, 0.1) is 25.3 Å². The van der Waals surface area contributed by atoms with Crippen LogP contribution in [0.5, 0.6) is 11.5 Å². The van der Waals surface area contributed by atoms with E-state index in [9.17, 15) is 9.59 Å². The van der Waals surface area contributed by atoms with Crippen LogP contribution in [-0.2, 0) is 6.54 Å². The molecule has 1 N–H and O–H groups in total. The number of allylic oxidation sites excluding steroid dienone is 2. The fraction of sp³-hybridized carbons (Fsp3) is 0.150. The molecule has 1 heterocycles. The Hall–Kier alpha value is -3.32. The van der Waals surface area contributed by atoms with Gasteiger partial charge in [0.2, 0.25) is 0 Å². The van der Waals surface area contributed by atoms with Crippen LogP contribution in [0.15, 0.2) is 40.8 Å². The molecule has 1 aromatic heterocycles. The van der Waals surface area contributed by atoms with Gasteiger partial charge < -0.3 is 19.2 Å². The molecule has 4 rings (SSSR count). The monoisotopic (exact) mass is 398 g/mol. The van der Waals surface area contributed by atoms with Crippen LogP contribution < -0.4 is 14.8 Å². The molecule has 1 aliphatic carbocycles. The minimum absolute atomic E-state index is 0.190. The van der Waals surface area contributed by atoms with Crippen LogP contribution in [0.1, 0.15) is 26.3 Å². The van der Waals surface area contributed by atoms with E-state index in [1.54, 1.807) is 24.3 Å². The summed E-state index contributed by atoms with van der Waals surface area (Å²) < 4.78 is 16.4. The Morgan fingerprint density at radius 3 is 2.54 bits per heavy atom. The van der Waals surface area contributed by atoms with E-state index in [-0.39, 0.29) is 29.2 Å². The number of carbonyl (C=O) groups excluding carboxylic acids is 2. The van der Waals surface area contributed by atoms with E-state index in [1.165, 1.54) is 26.4 Å². The lowest BCUT2D eigenvalue weighted by Gasteiger charge is -2.20. The fourth-order valence-electron chi connectivity index (χ4n) is 3.16. The highest BCUT2D eigenvalue weighted by Crippen LogP contribution is 2.37. The van der Waals surface area contributed by atoms with Gasteiger partial charge in [-0.2, -0.15) is 4.98 Å². The quantitative estimate of drug-likeness (QED) is 0.693. The van der Waals surface area contributed by atoms with Gasteiger partial charge in [0.25, 0.3) is 6.01 Å². The number of hydrogen-bond donors (Lipinski definition) is 1. The number of aromatic nitrogens is 1. The van der Waals surface area contributed by atoms with Crippen LogP contribution in [0, 0.1) is 0 Å². The molecule has 7 nitrogen and oxygen atoms in total. The Kier molecular flexibility index (Phi) is 4.52. The molecule has 0 bridgehead atoms. The first kappa shape index (κ1) is 18.1. The Morgan fingerprint density at radius 1 is 1.07 bits per heavy atom. The maximum absolute atomic E-state index is 12.4. The van der Waals surface area contributed by atoms with Crippen molar-refractivity contribution in [3.63, 3.8) is 0 Å². The van der Waals surface area contributed by atoms with E-state index in [1.807, 2.05) is 0 Å². The molecule has 0 saturated heterocycles. The number of fused-ring (bicyclic) bond motifs is 2. The molecule has 0 radical (unpaired) electrons. The van der Waals surface area contributed by atoms with Crippen molar-refractivity contribution in [3.05, 3.63) is 58.1 Å². The molecular formula is C20H15ClN2O5. The average molecular weight is 399 g/mol. The van der Waals surface area contributed by atoms with Gasteiger partial charge >= 0.3 is 0 Å². The number of methoxy groups -OCH3 is 2. The van der Waals surface area contributed by atoms with Crippen LogP contribution >= 0.6 is 11.6 Å². The lowest BCUT2D eigenvalue weighted by molar-refractivity contribution is 0.0988. The summed E-state index contributed by atoms with van der Waals surface area (Å²) >= 11 is 5.97. The van der Waals surface area contributed by atoms with E-state index in [0.29, 0.717) is 39.2 Å². The summed E-state index contributed by atoms with van der Waals surface area (Å²) in [5.41, 5.74) is 2.22. The Balaban J connectivity index is 1.72. The summed E-state index contributed by atoms with van der Waals surface area (Å²) in [6, 6.07) is 7.10. The zero-order valence-electron chi connectivity index (χ0n) is 15.0. The van der Waals surface area contributed by atoms with Crippen molar-refractivity contribution >= 4 is 40.3 Å². The maximum atomic E-state index is 12.4.